The maximum atomic E-state index is 2.44. The first-order chi connectivity index (χ1) is 10.2. The van der Waals surface area contributed by atoms with Crippen LogP contribution in [0.15, 0.2) is 42.0 Å². The van der Waals surface area contributed by atoms with Crippen LogP contribution in [-0.4, -0.2) is 0 Å². The summed E-state index contributed by atoms with van der Waals surface area (Å²) in [5.41, 5.74) is 3.43. The van der Waals surface area contributed by atoms with Crippen molar-refractivity contribution >= 4 is 0 Å². The molecular formula is C20H30Zr. The van der Waals surface area contributed by atoms with E-state index in [-0.39, 0.29) is 0 Å². The predicted octanol–water partition coefficient (Wildman–Crippen LogP) is 6.37. The number of hydrogen-bond acceptors (Lipinski definition) is 0. The summed E-state index contributed by atoms with van der Waals surface area (Å²) in [6, 6.07) is 0. The molecule has 2 aliphatic carbocycles. The second-order valence-corrected chi connectivity index (χ2v) is 10.2. The minimum absolute atomic E-state index is 0.537. The fourth-order valence-electron chi connectivity index (χ4n) is 3.57. The van der Waals surface area contributed by atoms with Crippen molar-refractivity contribution in [2.45, 2.75) is 66.2 Å². The van der Waals surface area contributed by atoms with Gasteiger partial charge in [0.1, 0.15) is 0 Å². The molecule has 0 fully saturated rings. The molecule has 0 aromatic rings. The van der Waals surface area contributed by atoms with Gasteiger partial charge >= 0.3 is 143 Å². The Bertz CT molecular complexity index is 432. The molecule has 0 heterocycles. The molecule has 2 unspecified atom stereocenters. The summed E-state index contributed by atoms with van der Waals surface area (Å²) in [6.07, 6.45) is 17.5. The van der Waals surface area contributed by atoms with Gasteiger partial charge in [-0.15, -0.1) is 0 Å². The molecule has 1 heteroatoms. The first-order valence-corrected chi connectivity index (χ1v) is 11.2. The van der Waals surface area contributed by atoms with E-state index in [0.717, 1.165) is 11.8 Å². The van der Waals surface area contributed by atoms with Crippen LogP contribution in [0.4, 0.5) is 0 Å². The van der Waals surface area contributed by atoms with Crippen LogP contribution in [0.2, 0.25) is 0 Å². The van der Waals surface area contributed by atoms with E-state index in [1.807, 2.05) is 6.56 Å². The van der Waals surface area contributed by atoms with Gasteiger partial charge in [0.05, 0.1) is 0 Å². The van der Waals surface area contributed by atoms with E-state index in [1.54, 1.807) is 11.1 Å². The van der Waals surface area contributed by atoms with E-state index in [0.29, 0.717) is 0 Å². The zero-order valence-corrected chi connectivity index (χ0v) is 16.7. The quantitative estimate of drug-likeness (QED) is 0.471. The van der Waals surface area contributed by atoms with Crippen molar-refractivity contribution in [2.75, 3.05) is 0 Å². The van der Waals surface area contributed by atoms with E-state index in [1.165, 1.54) is 38.5 Å². The fraction of sp³-hybridized carbons (Fsp3) is 0.600. The summed E-state index contributed by atoms with van der Waals surface area (Å²) in [5, 5.41) is 0. The van der Waals surface area contributed by atoms with Crippen LogP contribution in [0.5, 0.6) is 0 Å². The van der Waals surface area contributed by atoms with Gasteiger partial charge in [0.15, 0.2) is 0 Å². The van der Waals surface area contributed by atoms with Crippen molar-refractivity contribution in [1.29, 1.82) is 0 Å². The van der Waals surface area contributed by atoms with Crippen molar-refractivity contribution in [3.63, 3.8) is 0 Å². The van der Waals surface area contributed by atoms with Gasteiger partial charge < -0.3 is 0 Å². The van der Waals surface area contributed by atoms with Crippen molar-refractivity contribution in [3.8, 4) is 0 Å². The van der Waals surface area contributed by atoms with Gasteiger partial charge in [0.2, 0.25) is 0 Å². The summed E-state index contributed by atoms with van der Waals surface area (Å²) in [5.74, 6) is 1.55. The van der Waals surface area contributed by atoms with E-state index >= 15 is 0 Å². The molecule has 0 N–H and O–H groups in total. The van der Waals surface area contributed by atoms with Crippen molar-refractivity contribution in [2.24, 2.45) is 11.8 Å². The summed E-state index contributed by atoms with van der Waals surface area (Å²) in [6.45, 7) is 9.47. The normalized spacial score (nSPS) is 20.6. The molecular weight excluding hydrogens is 331 g/mol. The third kappa shape index (κ3) is 4.41. The van der Waals surface area contributed by atoms with Crippen LogP contribution in [-0.2, 0) is 23.2 Å². The predicted molar refractivity (Wildman–Crippen MR) is 89.7 cm³/mol. The van der Waals surface area contributed by atoms with Crippen LogP contribution < -0.4 is 0 Å². The summed E-state index contributed by atoms with van der Waals surface area (Å²) in [7, 11) is 0. The first-order valence-electron chi connectivity index (χ1n) is 8.73. The van der Waals surface area contributed by atoms with Crippen molar-refractivity contribution in [3.05, 3.63) is 42.0 Å². The number of hydrogen-bond donors (Lipinski definition) is 0. The minimum atomic E-state index is -0.537. The van der Waals surface area contributed by atoms with Crippen LogP contribution >= 0.6 is 0 Å². The van der Waals surface area contributed by atoms with Gasteiger partial charge in [-0.25, -0.2) is 0 Å². The Morgan fingerprint density at radius 1 is 0.857 bits per heavy atom. The average molecular weight is 362 g/mol. The van der Waals surface area contributed by atoms with Crippen LogP contribution in [0.3, 0.4) is 0 Å². The van der Waals surface area contributed by atoms with Gasteiger partial charge in [-0.2, -0.15) is 0 Å². The molecule has 0 bridgehead atoms. The SMILES string of the molecule is CCCC(C)C1=[C]([Zr][C]2=C(C(C)CCC)C=CC2)CC=C1. The monoisotopic (exact) mass is 360 g/mol. The van der Waals surface area contributed by atoms with Crippen molar-refractivity contribution in [1.82, 2.24) is 0 Å². The van der Waals surface area contributed by atoms with Gasteiger partial charge in [0.25, 0.3) is 0 Å². The van der Waals surface area contributed by atoms with Gasteiger partial charge in [-0.1, -0.05) is 0 Å². The molecule has 0 aromatic heterocycles. The van der Waals surface area contributed by atoms with E-state index in [2.05, 4.69) is 52.0 Å². The molecule has 0 aliphatic heterocycles. The third-order valence-corrected chi connectivity index (χ3v) is 8.65. The molecule has 0 aromatic carbocycles. The topological polar surface area (TPSA) is 0 Å². The van der Waals surface area contributed by atoms with E-state index < -0.39 is 23.2 Å². The zero-order chi connectivity index (χ0) is 15.2. The second kappa shape index (κ2) is 8.47. The molecule has 0 amide bonds. The van der Waals surface area contributed by atoms with Crippen LogP contribution in [0.25, 0.3) is 0 Å². The molecule has 21 heavy (non-hydrogen) atoms. The molecule has 2 aliphatic rings. The van der Waals surface area contributed by atoms with Crippen LogP contribution in [0.1, 0.15) is 66.2 Å². The average Bonchev–Trinajstić information content (AvgIpc) is 3.09. The Morgan fingerprint density at radius 3 is 1.67 bits per heavy atom. The molecule has 2 atom stereocenters. The standard InChI is InChI=1S/2C10H15.Zr/c2*1-3-6-9(2)10-7-4-5-8-10;/h2*4,7,9H,3,5-6H2,1-2H3;. The van der Waals surface area contributed by atoms with E-state index in [9.17, 15) is 0 Å². The Balaban J connectivity index is 2.13. The molecule has 2 rings (SSSR count). The maximum absolute atomic E-state index is 2.44. The summed E-state index contributed by atoms with van der Waals surface area (Å²) >= 11 is -0.537. The fourth-order valence-corrected chi connectivity index (χ4v) is 7.88. The Kier molecular flexibility index (Phi) is 6.94. The third-order valence-electron chi connectivity index (χ3n) is 4.74. The molecule has 0 nitrogen and oxygen atoms in total. The molecule has 0 radical (unpaired) electrons. The van der Waals surface area contributed by atoms with Gasteiger partial charge in [-0.3, -0.25) is 0 Å². The molecule has 114 valence electrons. The second-order valence-electron chi connectivity index (χ2n) is 6.59. The van der Waals surface area contributed by atoms with E-state index in [4.69, 9.17) is 0 Å². The number of allylic oxidation sites excluding steroid dienone is 8. The summed E-state index contributed by atoms with van der Waals surface area (Å²) < 4.78 is 3.72. The molecule has 0 saturated carbocycles. The summed E-state index contributed by atoms with van der Waals surface area (Å²) in [4.78, 5) is 0. The van der Waals surface area contributed by atoms with Gasteiger partial charge in [0, 0.05) is 0 Å². The van der Waals surface area contributed by atoms with Gasteiger partial charge in [-0.05, 0) is 0 Å². The van der Waals surface area contributed by atoms with Crippen molar-refractivity contribution < 1.29 is 23.2 Å². The van der Waals surface area contributed by atoms with Crippen LogP contribution in [0, 0.1) is 11.8 Å². The Hall–Kier alpha value is -0.157. The zero-order valence-electron chi connectivity index (χ0n) is 14.2. The molecule has 0 saturated heterocycles. The first kappa shape index (κ1) is 17.2. The molecule has 0 spiro atoms. The Labute approximate surface area is 143 Å². The number of rotatable bonds is 8. The Morgan fingerprint density at radius 2 is 1.29 bits per heavy atom.